The Hall–Kier alpha value is -3.04. The largest absolute Gasteiger partial charge is 0.416 e. The summed E-state index contributed by atoms with van der Waals surface area (Å²) in [5.74, 6) is -6.16. The van der Waals surface area contributed by atoms with E-state index in [-0.39, 0.29) is 17.8 Å². The molecule has 0 aliphatic carbocycles. The molecule has 1 aromatic heterocycles. The second-order valence-corrected chi connectivity index (χ2v) is 6.40. The molecule has 28 heavy (non-hydrogen) atoms. The number of nitrogens with one attached hydrogen (secondary N) is 1. The summed E-state index contributed by atoms with van der Waals surface area (Å²) in [6.45, 7) is -0.0901. The van der Waals surface area contributed by atoms with E-state index in [9.17, 15) is 31.5 Å². The molecule has 3 rings (SSSR count). The molecule has 1 fully saturated rings. The normalized spacial score (nSPS) is 19.8. The Kier molecular flexibility index (Phi) is 5.05. The number of likely N-dealkylation sites (N-methyl/N-ethyl adjacent to an activating group) is 1. The smallest absolute Gasteiger partial charge is 0.344 e. The molecule has 2 aromatic rings. The number of aromatic nitrogens is 1. The number of halogens is 5. The highest BCUT2D eigenvalue weighted by molar-refractivity contribution is 6.08. The molecule has 0 bridgehead atoms. The number of likely N-dealkylation sites (tertiary alicyclic amines) is 1. The van der Waals surface area contributed by atoms with Crippen LogP contribution in [0.25, 0.3) is 0 Å². The van der Waals surface area contributed by atoms with Gasteiger partial charge < -0.3 is 10.2 Å². The van der Waals surface area contributed by atoms with Gasteiger partial charge in [0, 0.05) is 25.7 Å². The van der Waals surface area contributed by atoms with E-state index in [2.05, 4.69) is 10.3 Å². The zero-order chi connectivity index (χ0) is 20.6. The van der Waals surface area contributed by atoms with Gasteiger partial charge >= 0.3 is 6.18 Å². The Morgan fingerprint density at radius 2 is 1.96 bits per heavy atom. The molecule has 10 heteroatoms. The lowest BCUT2D eigenvalue weighted by atomic mass is 9.87. The summed E-state index contributed by atoms with van der Waals surface area (Å²) in [6.07, 6.45) is -3.63. The summed E-state index contributed by atoms with van der Waals surface area (Å²) in [5, 5.41) is 2.22. The molecule has 2 amide bonds. The molecule has 148 valence electrons. The van der Waals surface area contributed by atoms with Gasteiger partial charge in [-0.15, -0.1) is 0 Å². The first-order valence-electron chi connectivity index (χ1n) is 8.12. The second-order valence-electron chi connectivity index (χ2n) is 6.40. The molecule has 0 radical (unpaired) electrons. The Bertz CT molecular complexity index is 932. The number of hydrogen-bond donors (Lipinski definition) is 1. The number of carbonyl (C=O) groups excluding carboxylic acids is 2. The maximum absolute atomic E-state index is 13.8. The minimum Gasteiger partial charge on any atom is -0.344 e. The SMILES string of the molecule is CN1C[C@H](c2cc(F)cc(C(F)(F)F)c2)[C@@H](C(=O)Nc2cccnc2F)C1=O. The van der Waals surface area contributed by atoms with Crippen LogP contribution in [0, 0.1) is 17.7 Å². The van der Waals surface area contributed by atoms with E-state index in [4.69, 9.17) is 0 Å². The first kappa shape index (κ1) is 19.7. The molecule has 1 aromatic carbocycles. The highest BCUT2D eigenvalue weighted by Gasteiger charge is 2.45. The molecule has 0 spiro atoms. The van der Waals surface area contributed by atoms with Gasteiger partial charge in [0.15, 0.2) is 0 Å². The topological polar surface area (TPSA) is 62.3 Å². The van der Waals surface area contributed by atoms with Gasteiger partial charge in [-0.25, -0.2) is 9.37 Å². The molecule has 1 aliphatic heterocycles. The monoisotopic (exact) mass is 399 g/mol. The summed E-state index contributed by atoms with van der Waals surface area (Å²) in [7, 11) is 1.37. The third-order valence-corrected chi connectivity index (χ3v) is 4.49. The lowest BCUT2D eigenvalue weighted by Gasteiger charge is -2.18. The molecule has 0 unspecified atom stereocenters. The predicted octanol–water partition coefficient (Wildman–Crippen LogP) is 3.19. The molecule has 1 N–H and O–H groups in total. The van der Waals surface area contributed by atoms with Crippen molar-refractivity contribution >= 4 is 17.5 Å². The van der Waals surface area contributed by atoms with Gasteiger partial charge in [0.05, 0.1) is 11.3 Å². The average molecular weight is 399 g/mol. The van der Waals surface area contributed by atoms with Crippen LogP contribution < -0.4 is 5.32 Å². The summed E-state index contributed by atoms with van der Waals surface area (Å²) < 4.78 is 66.5. The van der Waals surface area contributed by atoms with Crippen molar-refractivity contribution in [3.8, 4) is 0 Å². The molecular weight excluding hydrogens is 385 g/mol. The lowest BCUT2D eigenvalue weighted by molar-refractivity contribution is -0.138. The summed E-state index contributed by atoms with van der Waals surface area (Å²) in [4.78, 5) is 29.5. The zero-order valence-electron chi connectivity index (χ0n) is 14.4. The number of alkyl halides is 3. The maximum Gasteiger partial charge on any atom is 0.416 e. The standard InChI is InChI=1S/C18H14F5N3O2/c1-26-8-12(9-5-10(18(21,22)23)7-11(19)6-9)14(17(26)28)16(27)25-13-3-2-4-24-15(13)20/h2-7,12,14H,8H2,1H3,(H,25,27)/t12-,14+/m1/s1. The Balaban J connectivity index is 1.96. The first-order chi connectivity index (χ1) is 13.1. The predicted molar refractivity (Wildman–Crippen MR) is 88.1 cm³/mol. The molecular formula is C18H14F5N3O2. The van der Waals surface area contributed by atoms with E-state index in [1.54, 1.807) is 0 Å². The summed E-state index contributed by atoms with van der Waals surface area (Å²) in [6, 6.07) is 4.50. The van der Waals surface area contributed by atoms with Crippen LogP contribution in [0.5, 0.6) is 0 Å². The average Bonchev–Trinajstić information content (AvgIpc) is 2.91. The fraction of sp³-hybridized carbons (Fsp3) is 0.278. The van der Waals surface area contributed by atoms with E-state index in [1.165, 1.54) is 19.2 Å². The van der Waals surface area contributed by atoms with E-state index in [1.807, 2.05) is 0 Å². The fourth-order valence-corrected chi connectivity index (χ4v) is 3.17. The van der Waals surface area contributed by atoms with Crippen molar-refractivity contribution in [2.24, 2.45) is 5.92 Å². The van der Waals surface area contributed by atoms with Crippen LogP contribution in [0.1, 0.15) is 17.0 Å². The van der Waals surface area contributed by atoms with Crippen molar-refractivity contribution < 1.29 is 31.5 Å². The number of carbonyl (C=O) groups is 2. The van der Waals surface area contributed by atoms with Crippen molar-refractivity contribution in [1.29, 1.82) is 0 Å². The van der Waals surface area contributed by atoms with Crippen LogP contribution in [-0.4, -0.2) is 35.3 Å². The second kappa shape index (κ2) is 7.17. The molecule has 0 saturated carbocycles. The minimum atomic E-state index is -4.79. The zero-order valence-corrected chi connectivity index (χ0v) is 14.4. The third kappa shape index (κ3) is 3.80. The van der Waals surface area contributed by atoms with Crippen LogP contribution in [0.2, 0.25) is 0 Å². The van der Waals surface area contributed by atoms with Gasteiger partial charge in [0.1, 0.15) is 11.7 Å². The van der Waals surface area contributed by atoms with Gasteiger partial charge in [-0.1, -0.05) is 0 Å². The number of hydrogen-bond acceptors (Lipinski definition) is 3. The van der Waals surface area contributed by atoms with E-state index >= 15 is 0 Å². The molecule has 1 saturated heterocycles. The van der Waals surface area contributed by atoms with Crippen molar-refractivity contribution in [3.63, 3.8) is 0 Å². The van der Waals surface area contributed by atoms with Gasteiger partial charge in [0.2, 0.25) is 17.8 Å². The number of anilines is 1. The van der Waals surface area contributed by atoms with Gasteiger partial charge in [-0.2, -0.15) is 17.6 Å². The molecule has 2 heterocycles. The molecule has 5 nitrogen and oxygen atoms in total. The number of nitrogens with zero attached hydrogens (tertiary/aromatic N) is 2. The number of benzene rings is 1. The van der Waals surface area contributed by atoms with Crippen molar-refractivity contribution in [2.75, 3.05) is 18.9 Å². The van der Waals surface area contributed by atoms with Crippen LogP contribution in [-0.2, 0) is 15.8 Å². The van der Waals surface area contributed by atoms with E-state index in [0.29, 0.717) is 12.1 Å². The third-order valence-electron chi connectivity index (χ3n) is 4.49. The van der Waals surface area contributed by atoms with Gasteiger partial charge in [-0.05, 0) is 35.9 Å². The van der Waals surface area contributed by atoms with E-state index in [0.717, 1.165) is 17.2 Å². The van der Waals surface area contributed by atoms with Crippen LogP contribution >= 0.6 is 0 Å². The summed E-state index contributed by atoms with van der Waals surface area (Å²) >= 11 is 0. The Morgan fingerprint density at radius 1 is 1.25 bits per heavy atom. The minimum absolute atomic E-state index is 0.0901. The maximum atomic E-state index is 13.8. The molecule has 1 aliphatic rings. The van der Waals surface area contributed by atoms with E-state index < -0.39 is 47.2 Å². The van der Waals surface area contributed by atoms with Crippen LogP contribution in [0.3, 0.4) is 0 Å². The van der Waals surface area contributed by atoms with Gasteiger partial charge in [-0.3, -0.25) is 9.59 Å². The molecule has 2 atom stereocenters. The van der Waals surface area contributed by atoms with Crippen LogP contribution in [0.4, 0.5) is 27.6 Å². The van der Waals surface area contributed by atoms with Crippen molar-refractivity contribution in [1.82, 2.24) is 9.88 Å². The highest BCUT2D eigenvalue weighted by atomic mass is 19.4. The number of rotatable bonds is 3. The summed E-state index contributed by atoms with van der Waals surface area (Å²) in [5.41, 5.74) is -1.64. The van der Waals surface area contributed by atoms with Crippen LogP contribution in [0.15, 0.2) is 36.5 Å². The van der Waals surface area contributed by atoms with Crippen molar-refractivity contribution in [3.05, 3.63) is 59.4 Å². The lowest BCUT2D eigenvalue weighted by Crippen LogP contribution is -2.33. The quantitative estimate of drug-likeness (QED) is 0.490. The highest BCUT2D eigenvalue weighted by Crippen LogP contribution is 2.38. The first-order valence-corrected chi connectivity index (χ1v) is 8.12. The Labute approximate surface area is 156 Å². The van der Waals surface area contributed by atoms with Gasteiger partial charge in [0.25, 0.3) is 0 Å². The van der Waals surface area contributed by atoms with Crippen molar-refractivity contribution in [2.45, 2.75) is 12.1 Å². The fourth-order valence-electron chi connectivity index (χ4n) is 3.17. The number of pyridine rings is 1. The Morgan fingerprint density at radius 3 is 2.61 bits per heavy atom. The number of amides is 2.